The third-order valence-electron chi connectivity index (χ3n) is 3.65. The number of hydrogen-bond donors (Lipinski definition) is 0. The van der Waals surface area contributed by atoms with Gasteiger partial charge in [0.15, 0.2) is 11.6 Å². The predicted molar refractivity (Wildman–Crippen MR) is 87.0 cm³/mol. The molecule has 0 amide bonds. The lowest BCUT2D eigenvalue weighted by Crippen LogP contribution is -2.44. The summed E-state index contributed by atoms with van der Waals surface area (Å²) in [5.41, 5.74) is -1.27. The first-order chi connectivity index (χ1) is 12.5. The SMILES string of the molecule is CC1=CC=C(CCF)C(F)(F)C1(F)F.CF.COc1ccc(C)c(F)c1F. The second-order valence-electron chi connectivity index (χ2n) is 5.34. The van der Waals surface area contributed by atoms with E-state index in [0.717, 1.165) is 19.1 Å². The van der Waals surface area contributed by atoms with E-state index in [1.165, 1.54) is 26.2 Å². The summed E-state index contributed by atoms with van der Waals surface area (Å²) in [6.07, 6.45) is 1.11. The van der Waals surface area contributed by atoms with E-state index in [1.54, 1.807) is 0 Å². The Balaban J connectivity index is 0.000000469. The summed E-state index contributed by atoms with van der Waals surface area (Å²) in [5, 5.41) is 0. The van der Waals surface area contributed by atoms with Crippen LogP contribution in [0.15, 0.2) is 35.4 Å². The van der Waals surface area contributed by atoms with Gasteiger partial charge in [-0.15, -0.1) is 0 Å². The minimum absolute atomic E-state index is 0.0619. The topological polar surface area (TPSA) is 9.23 Å². The molecule has 1 aliphatic carbocycles. The lowest BCUT2D eigenvalue weighted by atomic mass is 9.90. The van der Waals surface area contributed by atoms with Crippen molar-refractivity contribution in [3.8, 4) is 5.75 Å². The molecule has 1 nitrogen and oxygen atoms in total. The maximum absolute atomic E-state index is 13.1. The smallest absolute Gasteiger partial charge is 0.335 e. The first-order valence-electron chi connectivity index (χ1n) is 7.57. The number of benzene rings is 1. The number of hydrogen-bond acceptors (Lipinski definition) is 1. The van der Waals surface area contributed by atoms with E-state index in [4.69, 9.17) is 0 Å². The molecule has 0 N–H and O–H groups in total. The van der Waals surface area contributed by atoms with Crippen LogP contribution in [0, 0.1) is 18.6 Å². The van der Waals surface area contributed by atoms with Gasteiger partial charge in [0.1, 0.15) is 0 Å². The Kier molecular flexibility index (Phi) is 9.53. The Morgan fingerprint density at radius 3 is 1.93 bits per heavy atom. The fourth-order valence-electron chi connectivity index (χ4n) is 2.01. The minimum atomic E-state index is -4.27. The van der Waals surface area contributed by atoms with Gasteiger partial charge in [-0.3, -0.25) is 8.78 Å². The van der Waals surface area contributed by atoms with Crippen molar-refractivity contribution in [3.63, 3.8) is 0 Å². The Bertz CT molecular complexity index is 680. The molecule has 0 radical (unpaired) electrons. The number of halogens is 8. The largest absolute Gasteiger partial charge is 0.494 e. The van der Waals surface area contributed by atoms with Crippen LogP contribution in [0.3, 0.4) is 0 Å². The summed E-state index contributed by atoms with van der Waals surface area (Å²) in [5.74, 6) is -10.3. The third kappa shape index (κ3) is 5.46. The van der Waals surface area contributed by atoms with E-state index in [-0.39, 0.29) is 11.3 Å². The first kappa shape index (κ1) is 24.9. The number of methoxy groups -OCH3 is 1. The molecule has 0 unspecified atom stereocenters. The lowest BCUT2D eigenvalue weighted by Gasteiger charge is -2.31. The van der Waals surface area contributed by atoms with Gasteiger partial charge in [-0.1, -0.05) is 18.2 Å². The number of ether oxygens (including phenoxy) is 1. The van der Waals surface area contributed by atoms with Crippen molar-refractivity contribution in [2.24, 2.45) is 0 Å². The molecule has 0 heterocycles. The number of aryl methyl sites for hydroxylation is 1. The molecule has 0 aliphatic heterocycles. The summed E-state index contributed by atoms with van der Waals surface area (Å²) in [4.78, 5) is 0. The first-order valence-corrected chi connectivity index (χ1v) is 7.57. The average Bonchev–Trinajstić information content (AvgIpc) is 2.64. The van der Waals surface area contributed by atoms with Gasteiger partial charge in [0, 0.05) is 17.6 Å². The maximum Gasteiger partial charge on any atom is 0.335 e. The molecule has 0 saturated carbocycles. The second-order valence-corrected chi connectivity index (χ2v) is 5.34. The monoisotopic (exact) mass is 404 g/mol. The van der Waals surface area contributed by atoms with E-state index >= 15 is 0 Å². The Hall–Kier alpha value is -2.06. The molecule has 0 fully saturated rings. The van der Waals surface area contributed by atoms with Crippen LogP contribution in [0.25, 0.3) is 0 Å². The van der Waals surface area contributed by atoms with E-state index in [9.17, 15) is 35.1 Å². The normalized spacial score (nSPS) is 16.7. The van der Waals surface area contributed by atoms with Crippen molar-refractivity contribution >= 4 is 0 Å². The molecule has 9 heteroatoms. The van der Waals surface area contributed by atoms with Crippen molar-refractivity contribution in [2.75, 3.05) is 21.0 Å². The predicted octanol–water partition coefficient (Wildman–Crippen LogP) is 6.37. The van der Waals surface area contributed by atoms with E-state index < -0.39 is 47.7 Å². The summed E-state index contributed by atoms with van der Waals surface area (Å²) in [6, 6.07) is 2.87. The molecular formula is C18H20F8O. The van der Waals surface area contributed by atoms with Crippen LogP contribution in [0.4, 0.5) is 35.1 Å². The molecular weight excluding hydrogens is 384 g/mol. The molecule has 0 aromatic heterocycles. The van der Waals surface area contributed by atoms with Crippen LogP contribution in [0.1, 0.15) is 18.9 Å². The Labute approximate surface area is 152 Å². The van der Waals surface area contributed by atoms with Gasteiger partial charge >= 0.3 is 11.8 Å². The Morgan fingerprint density at radius 1 is 0.889 bits per heavy atom. The summed E-state index contributed by atoms with van der Waals surface area (Å²) >= 11 is 0. The van der Waals surface area contributed by atoms with E-state index in [2.05, 4.69) is 4.74 Å². The fourth-order valence-corrected chi connectivity index (χ4v) is 2.01. The fraction of sp³-hybridized carbons (Fsp3) is 0.444. The van der Waals surface area contributed by atoms with Crippen LogP contribution >= 0.6 is 0 Å². The number of rotatable bonds is 3. The molecule has 0 saturated heterocycles. The molecule has 0 bridgehead atoms. The molecule has 27 heavy (non-hydrogen) atoms. The van der Waals surface area contributed by atoms with Crippen molar-refractivity contribution in [1.82, 2.24) is 0 Å². The molecule has 1 aromatic carbocycles. The molecule has 1 aliphatic rings. The highest BCUT2D eigenvalue weighted by Crippen LogP contribution is 2.47. The van der Waals surface area contributed by atoms with Crippen molar-refractivity contribution < 1.29 is 39.9 Å². The van der Waals surface area contributed by atoms with Crippen molar-refractivity contribution in [3.05, 3.63) is 52.6 Å². The molecule has 154 valence electrons. The molecule has 1 aromatic rings. The second kappa shape index (κ2) is 10.3. The zero-order valence-corrected chi connectivity index (χ0v) is 15.2. The quantitative estimate of drug-likeness (QED) is 0.532. The number of alkyl halides is 6. The van der Waals surface area contributed by atoms with Crippen LogP contribution in [0.5, 0.6) is 5.75 Å². The van der Waals surface area contributed by atoms with Crippen molar-refractivity contribution in [2.45, 2.75) is 32.1 Å². The van der Waals surface area contributed by atoms with Crippen LogP contribution in [0.2, 0.25) is 0 Å². The zero-order chi connectivity index (χ0) is 21.4. The molecule has 0 atom stereocenters. The molecule has 2 rings (SSSR count). The van der Waals surface area contributed by atoms with Gasteiger partial charge in [-0.2, -0.15) is 22.0 Å². The van der Waals surface area contributed by atoms with Crippen LogP contribution < -0.4 is 4.74 Å². The van der Waals surface area contributed by atoms with Gasteiger partial charge in [0.2, 0.25) is 5.82 Å². The van der Waals surface area contributed by atoms with Gasteiger partial charge in [-0.25, -0.2) is 4.39 Å². The highest BCUT2D eigenvalue weighted by Gasteiger charge is 2.60. The van der Waals surface area contributed by atoms with E-state index in [0.29, 0.717) is 7.18 Å². The highest BCUT2D eigenvalue weighted by molar-refractivity contribution is 5.36. The zero-order valence-electron chi connectivity index (χ0n) is 15.2. The summed E-state index contributed by atoms with van der Waals surface area (Å²) in [6.45, 7) is 1.36. The average molecular weight is 404 g/mol. The van der Waals surface area contributed by atoms with Crippen LogP contribution in [-0.4, -0.2) is 32.8 Å². The minimum Gasteiger partial charge on any atom is -0.494 e. The van der Waals surface area contributed by atoms with Gasteiger partial charge in [0.05, 0.1) is 21.0 Å². The highest BCUT2D eigenvalue weighted by atomic mass is 19.3. The van der Waals surface area contributed by atoms with Gasteiger partial charge < -0.3 is 4.74 Å². The maximum atomic E-state index is 13.1. The number of allylic oxidation sites excluding steroid dienone is 4. The van der Waals surface area contributed by atoms with Crippen molar-refractivity contribution in [1.29, 1.82) is 0 Å². The Morgan fingerprint density at radius 2 is 1.44 bits per heavy atom. The lowest BCUT2D eigenvalue weighted by molar-refractivity contribution is -0.164. The molecule has 0 spiro atoms. The van der Waals surface area contributed by atoms with E-state index in [1.807, 2.05) is 0 Å². The summed E-state index contributed by atoms with van der Waals surface area (Å²) < 4.78 is 103. The van der Waals surface area contributed by atoms with Crippen LogP contribution in [-0.2, 0) is 0 Å². The third-order valence-corrected chi connectivity index (χ3v) is 3.65. The van der Waals surface area contributed by atoms with Gasteiger partial charge in [0.25, 0.3) is 0 Å². The summed E-state index contributed by atoms with van der Waals surface area (Å²) in [7, 11) is 1.80. The van der Waals surface area contributed by atoms with Gasteiger partial charge in [-0.05, 0) is 25.5 Å². The standard InChI is InChI=1S/C9H9F5.C8H8F2O.CH3F/c1-6-2-3-7(4-5-10)9(13,14)8(6,11)12;1-5-3-4-6(11-2)8(10)7(5)9;1-2/h2-3H,4-5H2,1H3;3-4H,1-2H3;1H3.